The van der Waals surface area contributed by atoms with Crippen LogP contribution in [0.3, 0.4) is 0 Å². The molecule has 0 aliphatic rings. The summed E-state index contributed by atoms with van der Waals surface area (Å²) in [6.45, 7) is 5.73. The molecule has 0 aromatic carbocycles. The van der Waals surface area contributed by atoms with E-state index in [2.05, 4.69) is 4.98 Å². The number of rotatable bonds is 5. The van der Waals surface area contributed by atoms with Crippen LogP contribution in [0.5, 0.6) is 5.75 Å². The van der Waals surface area contributed by atoms with Crippen molar-refractivity contribution in [2.24, 2.45) is 0 Å². The van der Waals surface area contributed by atoms with Crippen LogP contribution in [0.4, 0.5) is 0 Å². The molecule has 0 amide bonds. The normalized spacial score (nSPS) is 13.3. The van der Waals surface area contributed by atoms with E-state index in [-0.39, 0.29) is 12.2 Å². The topological polar surface area (TPSA) is 42.4 Å². The van der Waals surface area contributed by atoms with Crippen molar-refractivity contribution in [1.82, 2.24) is 4.98 Å². The third-order valence-corrected chi connectivity index (χ3v) is 1.89. The molecule has 1 unspecified atom stereocenters. The second-order valence-corrected chi connectivity index (χ2v) is 4.11. The Balaban J connectivity index is 2.63. The van der Waals surface area contributed by atoms with Crippen molar-refractivity contribution in [3.05, 3.63) is 30.1 Å². The zero-order valence-electron chi connectivity index (χ0n) is 10.1. The van der Waals surface area contributed by atoms with Gasteiger partial charge in [-0.3, -0.25) is 4.98 Å². The van der Waals surface area contributed by atoms with E-state index < -0.39 is 0 Å². The summed E-state index contributed by atoms with van der Waals surface area (Å²) in [5.41, 5.74) is 0.985. The fourth-order valence-electron chi connectivity index (χ4n) is 1.26. The van der Waals surface area contributed by atoms with Crippen LogP contribution < -0.4 is 4.74 Å². The molecule has 16 heavy (non-hydrogen) atoms. The Morgan fingerprint density at radius 2 is 2.12 bits per heavy atom. The van der Waals surface area contributed by atoms with Gasteiger partial charge in [0.25, 0.3) is 0 Å². The van der Waals surface area contributed by atoms with Gasteiger partial charge in [0.05, 0.1) is 18.4 Å². The minimum absolute atomic E-state index is 0.151. The molecule has 1 aromatic heterocycles. The van der Waals surface area contributed by atoms with E-state index in [1.807, 2.05) is 32.1 Å². The van der Waals surface area contributed by atoms with Crippen LogP contribution in [0, 0.1) is 0 Å². The van der Waals surface area contributed by atoms with Gasteiger partial charge in [0, 0.05) is 6.20 Å². The van der Waals surface area contributed by atoms with Gasteiger partial charge in [-0.25, -0.2) is 0 Å². The Morgan fingerprint density at radius 3 is 2.75 bits per heavy atom. The predicted molar refractivity (Wildman–Crippen MR) is 65.3 cm³/mol. The van der Waals surface area contributed by atoms with Crippen molar-refractivity contribution >= 4 is 6.08 Å². The summed E-state index contributed by atoms with van der Waals surface area (Å²) in [7, 11) is 0. The molecule has 0 bridgehead atoms. The molecule has 0 radical (unpaired) electrons. The number of nitrogens with zero attached hydrogens (tertiary/aromatic N) is 1. The predicted octanol–water partition coefficient (Wildman–Crippen LogP) is 2.65. The average Bonchev–Trinajstić information content (AvgIpc) is 2.16. The number of pyridine rings is 1. The molecule has 1 aromatic rings. The summed E-state index contributed by atoms with van der Waals surface area (Å²) >= 11 is 0. The van der Waals surface area contributed by atoms with E-state index in [4.69, 9.17) is 9.84 Å². The Morgan fingerprint density at radius 1 is 1.38 bits per heavy atom. The highest BCUT2D eigenvalue weighted by Crippen LogP contribution is 2.14. The van der Waals surface area contributed by atoms with Gasteiger partial charge in [-0.05, 0) is 38.8 Å². The lowest BCUT2D eigenvalue weighted by atomic mass is 10.2. The molecule has 1 atom stereocenters. The van der Waals surface area contributed by atoms with Crippen molar-refractivity contribution < 1.29 is 9.84 Å². The number of aliphatic hydroxyl groups excluding tert-OH is 1. The van der Waals surface area contributed by atoms with Crippen LogP contribution >= 0.6 is 0 Å². The van der Waals surface area contributed by atoms with E-state index in [9.17, 15) is 0 Å². The minimum atomic E-state index is -0.306. The molecule has 0 aliphatic carbocycles. The van der Waals surface area contributed by atoms with E-state index in [0.29, 0.717) is 6.42 Å². The van der Waals surface area contributed by atoms with Gasteiger partial charge in [0.15, 0.2) is 0 Å². The van der Waals surface area contributed by atoms with Crippen LogP contribution in [-0.2, 0) is 0 Å². The summed E-state index contributed by atoms with van der Waals surface area (Å²) in [6.07, 6.45) is 7.83. The number of aromatic nitrogens is 1. The summed E-state index contributed by atoms with van der Waals surface area (Å²) in [5.74, 6) is 0.772. The molecule has 0 saturated heterocycles. The zero-order chi connectivity index (χ0) is 12.0. The summed E-state index contributed by atoms with van der Waals surface area (Å²) in [5, 5.41) is 9.11. The van der Waals surface area contributed by atoms with Crippen molar-refractivity contribution in [1.29, 1.82) is 0 Å². The van der Waals surface area contributed by atoms with Gasteiger partial charge in [-0.1, -0.05) is 12.2 Å². The first-order chi connectivity index (χ1) is 7.58. The van der Waals surface area contributed by atoms with Gasteiger partial charge in [0.2, 0.25) is 0 Å². The molecule has 88 valence electrons. The first-order valence-corrected chi connectivity index (χ1v) is 5.54. The van der Waals surface area contributed by atoms with Crippen LogP contribution in [0.25, 0.3) is 6.08 Å². The summed E-state index contributed by atoms with van der Waals surface area (Å²) < 4.78 is 5.54. The second kappa shape index (κ2) is 6.28. The van der Waals surface area contributed by atoms with Gasteiger partial charge in [0.1, 0.15) is 5.75 Å². The maximum Gasteiger partial charge on any atom is 0.138 e. The van der Waals surface area contributed by atoms with Crippen LogP contribution in [0.2, 0.25) is 0 Å². The second-order valence-electron chi connectivity index (χ2n) is 4.11. The molecule has 1 heterocycles. The van der Waals surface area contributed by atoms with Crippen molar-refractivity contribution in [3.63, 3.8) is 0 Å². The molecule has 3 nitrogen and oxygen atoms in total. The third kappa shape index (κ3) is 4.94. The zero-order valence-corrected chi connectivity index (χ0v) is 10.1. The SMILES string of the molecule is CC(O)C/C=C/c1cncc(OC(C)C)c1. The van der Waals surface area contributed by atoms with Crippen molar-refractivity contribution in [3.8, 4) is 5.75 Å². The smallest absolute Gasteiger partial charge is 0.138 e. The number of hydrogen-bond donors (Lipinski definition) is 1. The van der Waals surface area contributed by atoms with Crippen molar-refractivity contribution in [2.75, 3.05) is 0 Å². The van der Waals surface area contributed by atoms with Gasteiger partial charge < -0.3 is 9.84 Å². The molecule has 0 spiro atoms. The van der Waals surface area contributed by atoms with Crippen LogP contribution in [-0.4, -0.2) is 22.3 Å². The molecule has 1 N–H and O–H groups in total. The Bertz CT molecular complexity index is 346. The van der Waals surface area contributed by atoms with Gasteiger partial charge >= 0.3 is 0 Å². The van der Waals surface area contributed by atoms with E-state index in [1.54, 1.807) is 19.3 Å². The van der Waals surface area contributed by atoms with Gasteiger partial charge in [-0.15, -0.1) is 0 Å². The molecular formula is C13H19NO2. The fourth-order valence-corrected chi connectivity index (χ4v) is 1.26. The number of hydrogen-bond acceptors (Lipinski definition) is 3. The van der Waals surface area contributed by atoms with E-state index in [1.165, 1.54) is 0 Å². The lowest BCUT2D eigenvalue weighted by molar-refractivity contribution is 0.199. The van der Waals surface area contributed by atoms with Crippen LogP contribution in [0.15, 0.2) is 24.5 Å². The van der Waals surface area contributed by atoms with E-state index in [0.717, 1.165) is 11.3 Å². The quantitative estimate of drug-likeness (QED) is 0.831. The Hall–Kier alpha value is -1.35. The highest BCUT2D eigenvalue weighted by molar-refractivity contribution is 5.49. The molecule has 1 rings (SSSR count). The molecular weight excluding hydrogens is 202 g/mol. The highest BCUT2D eigenvalue weighted by atomic mass is 16.5. The number of ether oxygens (including phenoxy) is 1. The van der Waals surface area contributed by atoms with Crippen molar-refractivity contribution in [2.45, 2.75) is 39.4 Å². The summed E-state index contributed by atoms with van der Waals surface area (Å²) in [6, 6.07) is 1.94. The monoisotopic (exact) mass is 221 g/mol. The Labute approximate surface area is 96.8 Å². The van der Waals surface area contributed by atoms with Crippen LogP contribution in [0.1, 0.15) is 32.8 Å². The highest BCUT2D eigenvalue weighted by Gasteiger charge is 1.98. The van der Waals surface area contributed by atoms with Gasteiger partial charge in [-0.2, -0.15) is 0 Å². The molecule has 3 heteroatoms. The lowest BCUT2D eigenvalue weighted by Crippen LogP contribution is -2.05. The average molecular weight is 221 g/mol. The first-order valence-electron chi connectivity index (χ1n) is 5.54. The maximum absolute atomic E-state index is 9.11. The minimum Gasteiger partial charge on any atom is -0.489 e. The molecule has 0 fully saturated rings. The number of aliphatic hydroxyl groups is 1. The fraction of sp³-hybridized carbons (Fsp3) is 0.462. The molecule has 0 aliphatic heterocycles. The Kier molecular flexibility index (Phi) is 4.99. The largest absolute Gasteiger partial charge is 0.489 e. The maximum atomic E-state index is 9.11. The summed E-state index contributed by atoms with van der Waals surface area (Å²) in [4.78, 5) is 4.10. The first kappa shape index (κ1) is 12.7. The lowest BCUT2D eigenvalue weighted by Gasteiger charge is -2.09. The molecule has 0 saturated carbocycles. The standard InChI is InChI=1S/C13H19NO2/c1-10(2)16-13-7-12(8-14-9-13)6-4-5-11(3)15/h4,6-11,15H,5H2,1-3H3/b6-4+. The van der Waals surface area contributed by atoms with E-state index >= 15 is 0 Å². The third-order valence-electron chi connectivity index (χ3n) is 1.89.